The lowest BCUT2D eigenvalue weighted by Gasteiger charge is -2.06. The highest BCUT2D eigenvalue weighted by atomic mass is 32.2. The highest BCUT2D eigenvalue weighted by molar-refractivity contribution is 8.00. The van der Waals surface area contributed by atoms with Crippen LogP contribution >= 0.6 is 24.0 Å². The minimum Gasteiger partial charge on any atom is -0.368 e. The van der Waals surface area contributed by atoms with E-state index in [2.05, 4.69) is 10.2 Å². The van der Waals surface area contributed by atoms with Gasteiger partial charge in [-0.3, -0.25) is 4.57 Å². The first kappa shape index (κ1) is 11.4. The second-order valence-electron chi connectivity index (χ2n) is 2.33. The summed E-state index contributed by atoms with van der Waals surface area (Å²) in [6.07, 6.45) is 0. The molecule has 0 radical (unpaired) electrons. The molecule has 0 amide bonds. The van der Waals surface area contributed by atoms with Gasteiger partial charge in [0.25, 0.3) is 0 Å². The summed E-state index contributed by atoms with van der Waals surface area (Å²) >= 11 is 4.64. The molecule has 1 heterocycles. The quantitative estimate of drug-likeness (QED) is 0.796. The molecule has 14 heavy (non-hydrogen) atoms. The molecule has 0 saturated heterocycles. The van der Waals surface area contributed by atoms with E-state index in [9.17, 15) is 13.2 Å². The summed E-state index contributed by atoms with van der Waals surface area (Å²) in [5, 5.41) is 5.95. The second kappa shape index (κ2) is 4.22. The van der Waals surface area contributed by atoms with Gasteiger partial charge in [-0.1, -0.05) is 0 Å². The number of nitrogens with one attached hydrogen (secondary N) is 1. The van der Waals surface area contributed by atoms with E-state index in [1.165, 1.54) is 4.57 Å². The Morgan fingerprint density at radius 3 is 2.64 bits per heavy atom. The van der Waals surface area contributed by atoms with Crippen molar-refractivity contribution in [2.75, 3.05) is 11.5 Å². The number of nitrogens with zero attached hydrogens (tertiary/aromatic N) is 2. The maximum Gasteiger partial charge on any atom is 0.441 e. The smallest absolute Gasteiger partial charge is 0.368 e. The number of anilines is 1. The van der Waals surface area contributed by atoms with Gasteiger partial charge in [-0.15, -0.1) is 5.10 Å². The Kier molecular flexibility index (Phi) is 3.43. The first-order valence-corrected chi connectivity index (χ1v) is 4.91. The number of H-pyrrole nitrogens is 1. The first-order valence-electron chi connectivity index (χ1n) is 3.51. The average Bonchev–Trinajstić information content (AvgIpc) is 2.33. The summed E-state index contributed by atoms with van der Waals surface area (Å²) < 4.78 is 36.8. The normalized spacial score (nSPS) is 11.9. The van der Waals surface area contributed by atoms with Crippen LogP contribution in [0.1, 0.15) is 0 Å². The molecule has 0 spiro atoms. The van der Waals surface area contributed by atoms with Crippen LogP contribution in [0.2, 0.25) is 0 Å². The summed E-state index contributed by atoms with van der Waals surface area (Å²) in [7, 11) is 0. The highest BCUT2D eigenvalue weighted by Crippen LogP contribution is 2.30. The Morgan fingerprint density at radius 2 is 2.21 bits per heavy atom. The van der Waals surface area contributed by atoms with E-state index in [4.69, 9.17) is 18.0 Å². The van der Waals surface area contributed by atoms with Crippen molar-refractivity contribution in [3.63, 3.8) is 0 Å². The van der Waals surface area contributed by atoms with Crippen molar-refractivity contribution in [1.29, 1.82) is 0 Å². The van der Waals surface area contributed by atoms with Gasteiger partial charge in [-0.2, -0.15) is 13.2 Å². The van der Waals surface area contributed by atoms with Crippen LogP contribution in [0.3, 0.4) is 0 Å². The Morgan fingerprint density at radius 1 is 1.57 bits per heavy atom. The van der Waals surface area contributed by atoms with Crippen LogP contribution < -0.4 is 5.73 Å². The summed E-state index contributed by atoms with van der Waals surface area (Å²) in [6, 6.07) is 0. The van der Waals surface area contributed by atoms with Gasteiger partial charge in [0.2, 0.25) is 5.95 Å². The maximum atomic E-state index is 11.8. The van der Waals surface area contributed by atoms with Gasteiger partial charge in [0.1, 0.15) is 0 Å². The van der Waals surface area contributed by atoms with E-state index < -0.39 is 5.51 Å². The van der Waals surface area contributed by atoms with Crippen molar-refractivity contribution >= 4 is 29.9 Å². The van der Waals surface area contributed by atoms with E-state index in [0.29, 0.717) is 0 Å². The number of nitrogens with two attached hydrogens (primary N) is 1. The van der Waals surface area contributed by atoms with E-state index in [-0.39, 0.29) is 34.8 Å². The number of thioether (sulfide) groups is 1. The summed E-state index contributed by atoms with van der Waals surface area (Å²) in [5.74, 6) is -0.0422. The zero-order valence-electron chi connectivity index (χ0n) is 6.84. The van der Waals surface area contributed by atoms with Crippen molar-refractivity contribution in [3.05, 3.63) is 4.77 Å². The molecule has 1 aromatic heterocycles. The van der Waals surface area contributed by atoms with Gasteiger partial charge >= 0.3 is 5.51 Å². The minimum atomic E-state index is -4.22. The summed E-state index contributed by atoms with van der Waals surface area (Å²) in [4.78, 5) is 0. The molecule has 0 fully saturated rings. The molecule has 0 aliphatic heterocycles. The molecular weight excluding hydrogens is 237 g/mol. The fraction of sp³-hybridized carbons (Fsp3) is 0.600. The number of alkyl halides is 3. The topological polar surface area (TPSA) is 59.6 Å². The minimum absolute atomic E-state index is 0.0886. The Balaban J connectivity index is 2.51. The predicted molar refractivity (Wildman–Crippen MR) is 50.3 cm³/mol. The SMILES string of the molecule is Nc1n[nH]c(=S)n1CCSC(F)(F)F. The van der Waals surface area contributed by atoms with E-state index >= 15 is 0 Å². The van der Waals surface area contributed by atoms with Gasteiger partial charge in [0.05, 0.1) is 0 Å². The molecule has 0 aliphatic rings. The molecule has 0 aromatic carbocycles. The van der Waals surface area contributed by atoms with Crippen LogP contribution in [0.4, 0.5) is 19.1 Å². The molecule has 0 unspecified atom stereocenters. The fourth-order valence-electron chi connectivity index (χ4n) is 0.799. The van der Waals surface area contributed by atoms with Crippen LogP contribution in [0.15, 0.2) is 0 Å². The average molecular weight is 244 g/mol. The standard InChI is InChI=1S/C5H7F3N4S2/c6-5(7,8)14-2-1-12-3(9)10-11-4(12)13/h1-2H2,(H2,9,10)(H,11,13). The van der Waals surface area contributed by atoms with Gasteiger partial charge in [-0.05, 0) is 24.0 Å². The van der Waals surface area contributed by atoms with Crippen LogP contribution in [-0.4, -0.2) is 26.0 Å². The third-order valence-electron chi connectivity index (χ3n) is 1.37. The Hall–Kier alpha value is -0.700. The third-order valence-corrected chi connectivity index (χ3v) is 2.39. The second-order valence-corrected chi connectivity index (χ2v) is 3.88. The van der Waals surface area contributed by atoms with Crippen molar-refractivity contribution in [3.8, 4) is 0 Å². The zero-order valence-corrected chi connectivity index (χ0v) is 8.47. The van der Waals surface area contributed by atoms with Gasteiger partial charge in [-0.25, -0.2) is 5.10 Å². The molecule has 80 valence electrons. The van der Waals surface area contributed by atoms with Crippen molar-refractivity contribution in [2.45, 2.75) is 12.1 Å². The molecule has 0 saturated carbocycles. The fourth-order valence-corrected chi connectivity index (χ4v) is 1.53. The van der Waals surface area contributed by atoms with Crippen LogP contribution in [0.5, 0.6) is 0 Å². The van der Waals surface area contributed by atoms with Gasteiger partial charge in [0.15, 0.2) is 4.77 Å². The molecule has 0 bridgehead atoms. The lowest BCUT2D eigenvalue weighted by Crippen LogP contribution is -2.09. The summed E-state index contributed by atoms with van der Waals surface area (Å²) in [6.45, 7) is 0.0886. The Bertz CT molecular complexity index is 355. The molecule has 0 atom stereocenters. The van der Waals surface area contributed by atoms with Gasteiger partial charge < -0.3 is 5.73 Å². The molecule has 4 nitrogen and oxygen atoms in total. The molecule has 1 aromatic rings. The van der Waals surface area contributed by atoms with Crippen molar-refractivity contribution < 1.29 is 13.2 Å². The zero-order chi connectivity index (χ0) is 10.8. The van der Waals surface area contributed by atoms with Crippen molar-refractivity contribution in [2.24, 2.45) is 0 Å². The van der Waals surface area contributed by atoms with Crippen LogP contribution in [-0.2, 0) is 6.54 Å². The van der Waals surface area contributed by atoms with E-state index in [0.717, 1.165) is 0 Å². The van der Waals surface area contributed by atoms with Gasteiger partial charge in [0, 0.05) is 12.3 Å². The van der Waals surface area contributed by atoms with E-state index in [1.807, 2.05) is 0 Å². The number of rotatable bonds is 3. The van der Waals surface area contributed by atoms with Crippen LogP contribution in [0.25, 0.3) is 0 Å². The van der Waals surface area contributed by atoms with Crippen LogP contribution in [0, 0.1) is 4.77 Å². The molecule has 9 heteroatoms. The number of hydrogen-bond donors (Lipinski definition) is 2. The van der Waals surface area contributed by atoms with E-state index in [1.54, 1.807) is 0 Å². The number of halogens is 3. The lowest BCUT2D eigenvalue weighted by molar-refractivity contribution is -0.0328. The number of hydrogen-bond acceptors (Lipinski definition) is 4. The molecule has 0 aliphatic carbocycles. The third kappa shape index (κ3) is 3.22. The number of aromatic amines is 1. The molecule has 3 N–H and O–H groups in total. The Labute approximate surface area is 86.7 Å². The molecule has 1 rings (SSSR count). The molecular formula is C5H7F3N4S2. The number of aromatic nitrogens is 3. The maximum absolute atomic E-state index is 11.8. The predicted octanol–water partition coefficient (Wildman–Crippen LogP) is 1.78. The monoisotopic (exact) mass is 244 g/mol. The summed E-state index contributed by atoms with van der Waals surface area (Å²) in [5.41, 5.74) is 1.13. The van der Waals surface area contributed by atoms with Crippen molar-refractivity contribution in [1.82, 2.24) is 14.8 Å². The number of nitrogen functional groups attached to an aromatic ring is 1. The highest BCUT2D eigenvalue weighted by Gasteiger charge is 2.27. The lowest BCUT2D eigenvalue weighted by atomic mass is 10.7. The largest absolute Gasteiger partial charge is 0.441 e. The first-order chi connectivity index (χ1) is 6.40.